The van der Waals surface area contributed by atoms with Gasteiger partial charge in [-0.3, -0.25) is 0 Å². The summed E-state index contributed by atoms with van der Waals surface area (Å²) in [6.45, 7) is 0.438. The van der Waals surface area contributed by atoms with E-state index < -0.39 is 0 Å². The van der Waals surface area contributed by atoms with E-state index in [-0.39, 0.29) is 17.0 Å². The van der Waals surface area contributed by atoms with Gasteiger partial charge in [0.2, 0.25) is 0 Å². The average molecular weight is 267 g/mol. The number of hydrogen-bond donors (Lipinski definition) is 1. The zero-order valence-electron chi connectivity index (χ0n) is 11.7. The molecule has 1 aromatic rings. The molecule has 19 heavy (non-hydrogen) atoms. The van der Waals surface area contributed by atoms with Gasteiger partial charge in [-0.25, -0.2) is 4.39 Å². The minimum atomic E-state index is -0.325. The third-order valence-electron chi connectivity index (χ3n) is 4.24. The highest BCUT2D eigenvalue weighted by molar-refractivity contribution is 5.47. The Balaban J connectivity index is 2.57. The van der Waals surface area contributed by atoms with Gasteiger partial charge in [-0.1, -0.05) is 19.3 Å². The summed E-state index contributed by atoms with van der Waals surface area (Å²) < 4.78 is 25.1. The molecule has 1 saturated carbocycles. The van der Waals surface area contributed by atoms with E-state index in [1.54, 1.807) is 19.2 Å². The quantitative estimate of drug-likeness (QED) is 0.912. The summed E-state index contributed by atoms with van der Waals surface area (Å²) in [7, 11) is 3.04. The first-order valence-corrected chi connectivity index (χ1v) is 6.79. The first kappa shape index (κ1) is 14.1. The Bertz CT molecular complexity index is 442. The van der Waals surface area contributed by atoms with Crippen molar-refractivity contribution in [1.29, 1.82) is 0 Å². The molecular formula is C15H22FNO2. The molecule has 1 aliphatic carbocycles. The van der Waals surface area contributed by atoms with Crippen LogP contribution in [0.1, 0.15) is 37.7 Å². The van der Waals surface area contributed by atoms with Gasteiger partial charge >= 0.3 is 0 Å². The maximum Gasteiger partial charge on any atom is 0.172 e. The summed E-state index contributed by atoms with van der Waals surface area (Å²) in [6.07, 6.45) is 5.16. The molecular weight excluding hydrogens is 245 g/mol. The minimum Gasteiger partial charge on any atom is -0.496 e. The Morgan fingerprint density at radius 1 is 1.11 bits per heavy atom. The van der Waals surface area contributed by atoms with E-state index in [9.17, 15) is 4.39 Å². The van der Waals surface area contributed by atoms with Gasteiger partial charge in [0.05, 0.1) is 14.2 Å². The third kappa shape index (κ3) is 2.41. The normalized spacial score (nSPS) is 18.1. The molecule has 1 aromatic carbocycles. The molecule has 0 aromatic heterocycles. The smallest absolute Gasteiger partial charge is 0.172 e. The summed E-state index contributed by atoms with van der Waals surface area (Å²) in [5.41, 5.74) is 6.27. The molecule has 0 amide bonds. The average Bonchev–Trinajstić information content (AvgIpc) is 2.47. The lowest BCUT2D eigenvalue weighted by Gasteiger charge is -2.38. The monoisotopic (exact) mass is 267 g/mol. The van der Waals surface area contributed by atoms with Crippen molar-refractivity contribution in [1.82, 2.24) is 0 Å². The second-order valence-corrected chi connectivity index (χ2v) is 5.20. The van der Waals surface area contributed by atoms with Crippen molar-refractivity contribution in [2.24, 2.45) is 5.73 Å². The van der Waals surface area contributed by atoms with Gasteiger partial charge in [0.15, 0.2) is 11.6 Å². The molecule has 2 N–H and O–H groups in total. The van der Waals surface area contributed by atoms with E-state index in [4.69, 9.17) is 15.2 Å². The van der Waals surface area contributed by atoms with Gasteiger partial charge in [0, 0.05) is 17.5 Å². The zero-order chi connectivity index (χ0) is 13.9. The van der Waals surface area contributed by atoms with Crippen molar-refractivity contribution in [3.63, 3.8) is 0 Å². The molecule has 106 valence electrons. The Morgan fingerprint density at radius 3 is 2.21 bits per heavy atom. The molecule has 1 aliphatic rings. The van der Waals surface area contributed by atoms with E-state index >= 15 is 0 Å². The van der Waals surface area contributed by atoms with Crippen molar-refractivity contribution < 1.29 is 13.9 Å². The van der Waals surface area contributed by atoms with E-state index in [2.05, 4.69) is 0 Å². The predicted octanol–water partition coefficient (Wildman–Crippen LogP) is 3.00. The van der Waals surface area contributed by atoms with Crippen molar-refractivity contribution in [3.8, 4) is 11.5 Å². The van der Waals surface area contributed by atoms with Crippen LogP contribution < -0.4 is 15.2 Å². The van der Waals surface area contributed by atoms with Crippen LogP contribution in [-0.2, 0) is 5.41 Å². The minimum absolute atomic E-state index is 0.259. The van der Waals surface area contributed by atoms with Crippen LogP contribution in [0.5, 0.6) is 11.5 Å². The SMILES string of the molecule is COc1ccc(OC)c(C2(CN)CCCCC2)c1F. The van der Waals surface area contributed by atoms with Gasteiger partial charge in [-0.05, 0) is 25.0 Å². The molecule has 2 rings (SSSR count). The fraction of sp³-hybridized carbons (Fsp3) is 0.600. The van der Waals surface area contributed by atoms with Crippen LogP contribution in [0.3, 0.4) is 0 Å². The Labute approximate surface area is 113 Å². The van der Waals surface area contributed by atoms with Crippen molar-refractivity contribution in [2.45, 2.75) is 37.5 Å². The van der Waals surface area contributed by atoms with Gasteiger partial charge < -0.3 is 15.2 Å². The maximum atomic E-state index is 14.7. The highest BCUT2D eigenvalue weighted by atomic mass is 19.1. The van der Waals surface area contributed by atoms with Gasteiger partial charge in [-0.15, -0.1) is 0 Å². The van der Waals surface area contributed by atoms with Crippen LogP contribution in [0.25, 0.3) is 0 Å². The number of benzene rings is 1. The number of halogens is 1. The topological polar surface area (TPSA) is 44.5 Å². The summed E-state index contributed by atoms with van der Waals surface area (Å²) >= 11 is 0. The largest absolute Gasteiger partial charge is 0.496 e. The Kier molecular flexibility index (Phi) is 4.30. The lowest BCUT2D eigenvalue weighted by atomic mass is 9.69. The maximum absolute atomic E-state index is 14.7. The lowest BCUT2D eigenvalue weighted by Crippen LogP contribution is -2.38. The van der Waals surface area contributed by atoms with Gasteiger partial charge in [0.25, 0.3) is 0 Å². The number of rotatable bonds is 4. The first-order valence-electron chi connectivity index (χ1n) is 6.79. The molecule has 0 radical (unpaired) electrons. The second-order valence-electron chi connectivity index (χ2n) is 5.20. The number of ether oxygens (including phenoxy) is 2. The molecule has 0 atom stereocenters. The molecule has 0 heterocycles. The van der Waals surface area contributed by atoms with Crippen LogP contribution in [0.4, 0.5) is 4.39 Å². The van der Waals surface area contributed by atoms with Gasteiger partial charge in [-0.2, -0.15) is 0 Å². The molecule has 4 heteroatoms. The molecule has 0 unspecified atom stereocenters. The summed E-state index contributed by atoms with van der Waals surface area (Å²) in [5.74, 6) is 0.508. The Hall–Kier alpha value is -1.29. The molecule has 1 fully saturated rings. The first-order chi connectivity index (χ1) is 9.18. The predicted molar refractivity (Wildman–Crippen MR) is 73.3 cm³/mol. The van der Waals surface area contributed by atoms with Crippen LogP contribution in [0.15, 0.2) is 12.1 Å². The zero-order valence-corrected chi connectivity index (χ0v) is 11.7. The van der Waals surface area contributed by atoms with Crippen molar-refractivity contribution in [3.05, 3.63) is 23.5 Å². The van der Waals surface area contributed by atoms with Crippen molar-refractivity contribution in [2.75, 3.05) is 20.8 Å². The Morgan fingerprint density at radius 2 is 1.68 bits per heavy atom. The summed E-state index contributed by atoms with van der Waals surface area (Å²) in [5, 5.41) is 0. The molecule has 3 nitrogen and oxygen atoms in total. The highest BCUT2D eigenvalue weighted by Crippen LogP contribution is 2.45. The van der Waals surface area contributed by atoms with Crippen LogP contribution in [-0.4, -0.2) is 20.8 Å². The number of hydrogen-bond acceptors (Lipinski definition) is 3. The van der Waals surface area contributed by atoms with E-state index in [0.29, 0.717) is 17.9 Å². The standard InChI is InChI=1S/C15H22FNO2/c1-18-11-6-7-12(19-2)14(16)13(11)15(10-17)8-4-3-5-9-15/h6-7H,3-5,8-10,17H2,1-2H3. The summed E-state index contributed by atoms with van der Waals surface area (Å²) in [6, 6.07) is 3.37. The van der Waals surface area contributed by atoms with E-state index in [0.717, 1.165) is 25.7 Å². The van der Waals surface area contributed by atoms with Crippen molar-refractivity contribution >= 4 is 0 Å². The fourth-order valence-electron chi connectivity index (χ4n) is 3.15. The number of methoxy groups -OCH3 is 2. The van der Waals surface area contributed by atoms with E-state index in [1.165, 1.54) is 13.5 Å². The number of nitrogens with two attached hydrogens (primary N) is 1. The van der Waals surface area contributed by atoms with Gasteiger partial charge in [0.1, 0.15) is 5.75 Å². The van der Waals surface area contributed by atoms with Crippen LogP contribution in [0.2, 0.25) is 0 Å². The molecule has 0 aliphatic heterocycles. The highest BCUT2D eigenvalue weighted by Gasteiger charge is 2.38. The van der Waals surface area contributed by atoms with Crippen LogP contribution in [0, 0.1) is 5.82 Å². The van der Waals surface area contributed by atoms with Crippen LogP contribution >= 0.6 is 0 Å². The molecule has 0 spiro atoms. The molecule has 0 saturated heterocycles. The van der Waals surface area contributed by atoms with E-state index in [1.807, 2.05) is 0 Å². The third-order valence-corrected chi connectivity index (χ3v) is 4.24. The lowest BCUT2D eigenvalue weighted by molar-refractivity contribution is 0.272. The fourth-order valence-corrected chi connectivity index (χ4v) is 3.15. The molecule has 0 bridgehead atoms. The summed E-state index contributed by atoms with van der Waals surface area (Å²) in [4.78, 5) is 0. The second kappa shape index (κ2) is 5.78.